The molecule has 0 saturated carbocycles. The van der Waals surface area contributed by atoms with Gasteiger partial charge in [0.1, 0.15) is 23.9 Å². The van der Waals surface area contributed by atoms with Gasteiger partial charge in [0.05, 0.1) is 6.54 Å². The number of thioether (sulfide) groups is 1. The van der Waals surface area contributed by atoms with Gasteiger partial charge in [-0.15, -0.1) is 11.8 Å². The molecule has 1 aromatic heterocycles. The lowest BCUT2D eigenvalue weighted by atomic mass is 10.2. The first kappa shape index (κ1) is 15.0. The quantitative estimate of drug-likeness (QED) is 0.782. The van der Waals surface area contributed by atoms with Crippen LogP contribution in [0.15, 0.2) is 39.6 Å². The van der Waals surface area contributed by atoms with Crippen molar-refractivity contribution in [2.45, 2.75) is 31.9 Å². The van der Waals surface area contributed by atoms with Gasteiger partial charge in [-0.3, -0.25) is 0 Å². The molecule has 0 aliphatic carbocycles. The average molecular weight is 291 g/mol. The smallest absolute Gasteiger partial charge is 0.146 e. The SMILES string of the molecule is CCNCc1oc(COc2ccc(SC)cc2)cc1C. The van der Waals surface area contributed by atoms with Gasteiger partial charge in [-0.2, -0.15) is 0 Å². The summed E-state index contributed by atoms with van der Waals surface area (Å²) in [5.41, 5.74) is 1.17. The summed E-state index contributed by atoms with van der Waals surface area (Å²) in [6.07, 6.45) is 2.06. The monoisotopic (exact) mass is 291 g/mol. The predicted molar refractivity (Wildman–Crippen MR) is 83.4 cm³/mol. The summed E-state index contributed by atoms with van der Waals surface area (Å²) in [6.45, 7) is 6.32. The Bertz CT molecular complexity index is 534. The molecule has 2 aromatic rings. The lowest BCUT2D eigenvalue weighted by molar-refractivity contribution is 0.265. The molecule has 20 heavy (non-hydrogen) atoms. The first-order valence-corrected chi connectivity index (χ1v) is 8.01. The molecule has 1 N–H and O–H groups in total. The second-order valence-electron chi connectivity index (χ2n) is 4.56. The van der Waals surface area contributed by atoms with Crippen LogP contribution in [0.2, 0.25) is 0 Å². The number of rotatable bonds is 7. The summed E-state index contributed by atoms with van der Waals surface area (Å²) in [7, 11) is 0. The van der Waals surface area contributed by atoms with Crippen molar-refractivity contribution in [2.24, 2.45) is 0 Å². The third-order valence-electron chi connectivity index (χ3n) is 3.05. The van der Waals surface area contributed by atoms with Gasteiger partial charge in [0, 0.05) is 4.90 Å². The van der Waals surface area contributed by atoms with Crippen molar-refractivity contribution in [2.75, 3.05) is 12.8 Å². The van der Waals surface area contributed by atoms with E-state index in [2.05, 4.69) is 37.6 Å². The fraction of sp³-hybridized carbons (Fsp3) is 0.375. The number of ether oxygens (including phenoxy) is 1. The largest absolute Gasteiger partial charge is 0.486 e. The Morgan fingerprint density at radius 1 is 1.25 bits per heavy atom. The Hall–Kier alpha value is -1.39. The fourth-order valence-corrected chi connectivity index (χ4v) is 2.31. The summed E-state index contributed by atoms with van der Waals surface area (Å²) in [5.74, 6) is 2.72. The third-order valence-corrected chi connectivity index (χ3v) is 3.79. The van der Waals surface area contributed by atoms with Crippen molar-refractivity contribution in [3.8, 4) is 5.75 Å². The molecule has 0 radical (unpaired) electrons. The minimum absolute atomic E-state index is 0.464. The molecule has 0 aliphatic heterocycles. The van der Waals surface area contributed by atoms with Crippen LogP contribution in [-0.2, 0) is 13.2 Å². The molecule has 0 spiro atoms. The first-order valence-electron chi connectivity index (χ1n) is 6.78. The fourth-order valence-electron chi connectivity index (χ4n) is 1.90. The predicted octanol–water partition coefficient (Wildman–Crippen LogP) is 4.00. The van der Waals surface area contributed by atoms with Crippen LogP contribution in [0.3, 0.4) is 0 Å². The minimum Gasteiger partial charge on any atom is -0.486 e. The third kappa shape index (κ3) is 4.05. The molecule has 0 unspecified atom stereocenters. The van der Waals surface area contributed by atoms with Gasteiger partial charge in [-0.1, -0.05) is 6.92 Å². The number of furan rings is 1. The van der Waals surface area contributed by atoms with E-state index < -0.39 is 0 Å². The minimum atomic E-state index is 0.464. The maximum atomic E-state index is 5.79. The summed E-state index contributed by atoms with van der Waals surface area (Å²) in [6, 6.07) is 10.1. The van der Waals surface area contributed by atoms with Crippen LogP contribution in [-0.4, -0.2) is 12.8 Å². The van der Waals surface area contributed by atoms with Crippen LogP contribution in [0, 0.1) is 6.92 Å². The highest BCUT2D eigenvalue weighted by Gasteiger charge is 2.07. The summed E-state index contributed by atoms with van der Waals surface area (Å²) in [5, 5.41) is 3.27. The van der Waals surface area contributed by atoms with Crippen LogP contribution < -0.4 is 10.1 Å². The molecule has 1 heterocycles. The maximum Gasteiger partial charge on any atom is 0.146 e. The van der Waals surface area contributed by atoms with Crippen molar-refractivity contribution in [1.29, 1.82) is 0 Å². The van der Waals surface area contributed by atoms with E-state index in [9.17, 15) is 0 Å². The first-order chi connectivity index (χ1) is 9.72. The summed E-state index contributed by atoms with van der Waals surface area (Å²) < 4.78 is 11.5. The number of aryl methyl sites for hydroxylation is 1. The van der Waals surface area contributed by atoms with E-state index in [4.69, 9.17) is 9.15 Å². The number of benzene rings is 1. The Morgan fingerprint density at radius 3 is 2.65 bits per heavy atom. The van der Waals surface area contributed by atoms with Gasteiger partial charge in [-0.05, 0) is 55.6 Å². The van der Waals surface area contributed by atoms with Crippen molar-refractivity contribution in [3.63, 3.8) is 0 Å². The van der Waals surface area contributed by atoms with E-state index in [-0.39, 0.29) is 0 Å². The van der Waals surface area contributed by atoms with Gasteiger partial charge in [-0.25, -0.2) is 0 Å². The molecule has 4 heteroatoms. The zero-order chi connectivity index (χ0) is 14.4. The molecule has 0 saturated heterocycles. The highest BCUT2D eigenvalue weighted by Crippen LogP contribution is 2.21. The zero-order valence-corrected chi connectivity index (χ0v) is 13.0. The van der Waals surface area contributed by atoms with Crippen LogP contribution in [0.4, 0.5) is 0 Å². The molecule has 2 rings (SSSR count). The molecule has 0 fully saturated rings. The molecule has 108 valence electrons. The van der Waals surface area contributed by atoms with Gasteiger partial charge < -0.3 is 14.5 Å². The number of hydrogen-bond donors (Lipinski definition) is 1. The van der Waals surface area contributed by atoms with Crippen molar-refractivity contribution in [1.82, 2.24) is 5.32 Å². The Kier molecular flexibility index (Phi) is 5.56. The summed E-state index contributed by atoms with van der Waals surface area (Å²) >= 11 is 1.72. The highest BCUT2D eigenvalue weighted by molar-refractivity contribution is 7.98. The normalized spacial score (nSPS) is 10.8. The number of hydrogen-bond acceptors (Lipinski definition) is 4. The second kappa shape index (κ2) is 7.41. The van der Waals surface area contributed by atoms with Crippen molar-refractivity contribution < 1.29 is 9.15 Å². The zero-order valence-electron chi connectivity index (χ0n) is 12.2. The van der Waals surface area contributed by atoms with Gasteiger partial charge in [0.25, 0.3) is 0 Å². The molecular weight excluding hydrogens is 270 g/mol. The van der Waals surface area contributed by atoms with Crippen molar-refractivity contribution in [3.05, 3.63) is 47.4 Å². The van der Waals surface area contributed by atoms with Crippen LogP contribution in [0.1, 0.15) is 24.0 Å². The Labute approximate surface area is 124 Å². The standard InChI is InChI=1S/C16H21NO2S/c1-4-17-10-16-12(2)9-14(19-16)11-18-13-5-7-15(20-3)8-6-13/h5-9,17H,4,10-11H2,1-3H3. The molecule has 0 bridgehead atoms. The Balaban J connectivity index is 1.92. The van der Waals surface area contributed by atoms with Gasteiger partial charge in [0.2, 0.25) is 0 Å². The van der Waals surface area contributed by atoms with E-state index in [0.717, 1.165) is 30.4 Å². The Morgan fingerprint density at radius 2 is 2.00 bits per heavy atom. The second-order valence-corrected chi connectivity index (χ2v) is 5.44. The molecule has 1 aromatic carbocycles. The van der Waals surface area contributed by atoms with E-state index in [1.807, 2.05) is 18.2 Å². The molecule has 0 atom stereocenters. The topological polar surface area (TPSA) is 34.4 Å². The maximum absolute atomic E-state index is 5.79. The molecular formula is C16H21NO2S. The molecule has 3 nitrogen and oxygen atoms in total. The van der Waals surface area contributed by atoms with Crippen LogP contribution in [0.25, 0.3) is 0 Å². The molecule has 0 aliphatic rings. The van der Waals surface area contributed by atoms with Gasteiger partial charge >= 0.3 is 0 Å². The number of nitrogens with one attached hydrogen (secondary N) is 1. The van der Waals surface area contributed by atoms with Crippen LogP contribution in [0.5, 0.6) is 5.75 Å². The van der Waals surface area contributed by atoms with E-state index >= 15 is 0 Å². The lowest BCUT2D eigenvalue weighted by Gasteiger charge is -2.05. The van der Waals surface area contributed by atoms with E-state index in [1.54, 1.807) is 11.8 Å². The van der Waals surface area contributed by atoms with Crippen molar-refractivity contribution >= 4 is 11.8 Å². The van der Waals surface area contributed by atoms with E-state index in [0.29, 0.717) is 6.61 Å². The van der Waals surface area contributed by atoms with Crippen LogP contribution >= 0.6 is 11.8 Å². The van der Waals surface area contributed by atoms with Gasteiger partial charge in [0.15, 0.2) is 0 Å². The van der Waals surface area contributed by atoms with E-state index in [1.165, 1.54) is 10.5 Å². The molecule has 0 amide bonds. The summed E-state index contributed by atoms with van der Waals surface area (Å²) in [4.78, 5) is 1.24. The average Bonchev–Trinajstić information content (AvgIpc) is 2.84. The lowest BCUT2D eigenvalue weighted by Crippen LogP contribution is -2.11. The highest BCUT2D eigenvalue weighted by atomic mass is 32.2.